The molecule has 0 aromatic rings. The second-order valence-electron chi connectivity index (χ2n) is 3.94. The quantitative estimate of drug-likeness (QED) is 0.484. The van der Waals surface area contributed by atoms with Crippen molar-refractivity contribution in [3.63, 3.8) is 0 Å². The van der Waals surface area contributed by atoms with Crippen LogP contribution in [0.3, 0.4) is 0 Å². The molecule has 0 fully saturated rings. The highest BCUT2D eigenvalue weighted by Crippen LogP contribution is 2.19. The van der Waals surface area contributed by atoms with Crippen molar-refractivity contribution in [2.24, 2.45) is 11.1 Å². The topological polar surface area (TPSA) is 53.1 Å². The third-order valence-corrected chi connectivity index (χ3v) is 2.39. The smallest absolute Gasteiger partial charge is 0.0963 e. The first kappa shape index (κ1) is 11.4. The Morgan fingerprint density at radius 3 is 2.33 bits per heavy atom. The number of hydrogen-bond acceptors (Lipinski definition) is 2. The third kappa shape index (κ3) is 3.72. The molecule has 12 heavy (non-hydrogen) atoms. The van der Waals surface area contributed by atoms with Gasteiger partial charge in [0.2, 0.25) is 0 Å². The molecule has 3 nitrogen and oxygen atoms in total. The standard InChI is InChI=1S/C9H21N3/c1-5-12(4)7-6-9(2,3)8(10)11/h5-7H2,1-4H3,(H3,10,11). The molecule has 0 bridgehead atoms. The fourth-order valence-corrected chi connectivity index (χ4v) is 0.763. The zero-order chi connectivity index (χ0) is 9.78. The second kappa shape index (κ2) is 4.45. The summed E-state index contributed by atoms with van der Waals surface area (Å²) >= 11 is 0. The van der Waals surface area contributed by atoms with Crippen LogP contribution in [0, 0.1) is 10.8 Å². The number of nitrogens with one attached hydrogen (secondary N) is 1. The molecular weight excluding hydrogens is 150 g/mol. The summed E-state index contributed by atoms with van der Waals surface area (Å²) in [6.45, 7) is 8.20. The summed E-state index contributed by atoms with van der Waals surface area (Å²) in [4.78, 5) is 2.23. The van der Waals surface area contributed by atoms with Crippen molar-refractivity contribution in [3.05, 3.63) is 0 Å². The van der Waals surface area contributed by atoms with Crippen LogP contribution >= 0.6 is 0 Å². The lowest BCUT2D eigenvalue weighted by Crippen LogP contribution is -2.34. The minimum atomic E-state index is -0.149. The van der Waals surface area contributed by atoms with Gasteiger partial charge < -0.3 is 10.6 Å². The molecule has 0 unspecified atom stereocenters. The van der Waals surface area contributed by atoms with Gasteiger partial charge in [0.1, 0.15) is 0 Å². The molecule has 0 aromatic carbocycles. The first-order valence-electron chi connectivity index (χ1n) is 4.43. The first-order valence-corrected chi connectivity index (χ1v) is 4.43. The molecule has 0 atom stereocenters. The maximum absolute atomic E-state index is 7.36. The average molecular weight is 171 g/mol. The monoisotopic (exact) mass is 171 g/mol. The van der Waals surface area contributed by atoms with E-state index in [0.717, 1.165) is 19.5 Å². The van der Waals surface area contributed by atoms with Gasteiger partial charge >= 0.3 is 0 Å². The van der Waals surface area contributed by atoms with Crippen molar-refractivity contribution in [1.29, 1.82) is 5.41 Å². The van der Waals surface area contributed by atoms with E-state index in [0.29, 0.717) is 0 Å². The molecule has 0 saturated carbocycles. The molecule has 0 heterocycles. The van der Waals surface area contributed by atoms with Gasteiger partial charge in [0.25, 0.3) is 0 Å². The molecule has 72 valence electrons. The van der Waals surface area contributed by atoms with Gasteiger partial charge in [-0.1, -0.05) is 20.8 Å². The summed E-state index contributed by atoms with van der Waals surface area (Å²) in [6, 6.07) is 0. The molecule has 0 spiro atoms. The summed E-state index contributed by atoms with van der Waals surface area (Å²) in [5, 5.41) is 7.36. The average Bonchev–Trinajstić information content (AvgIpc) is 2.00. The van der Waals surface area contributed by atoms with Gasteiger partial charge in [-0.25, -0.2) is 0 Å². The van der Waals surface area contributed by atoms with Crippen LogP contribution in [0.2, 0.25) is 0 Å². The number of nitrogens with zero attached hydrogens (tertiary/aromatic N) is 1. The normalized spacial score (nSPS) is 12.1. The first-order chi connectivity index (χ1) is 5.40. The predicted octanol–water partition coefficient (Wildman–Crippen LogP) is 1.29. The zero-order valence-electron chi connectivity index (χ0n) is 8.65. The Balaban J connectivity index is 3.83. The summed E-state index contributed by atoms with van der Waals surface area (Å²) in [5.41, 5.74) is 5.31. The van der Waals surface area contributed by atoms with E-state index in [1.807, 2.05) is 13.8 Å². The third-order valence-electron chi connectivity index (χ3n) is 2.39. The van der Waals surface area contributed by atoms with Gasteiger partial charge in [-0.3, -0.25) is 5.41 Å². The van der Waals surface area contributed by atoms with Gasteiger partial charge in [0, 0.05) is 5.41 Å². The van der Waals surface area contributed by atoms with E-state index in [1.54, 1.807) is 0 Å². The van der Waals surface area contributed by atoms with E-state index in [2.05, 4.69) is 18.9 Å². The molecule has 0 amide bonds. The molecule has 0 radical (unpaired) electrons. The summed E-state index contributed by atoms with van der Waals surface area (Å²) in [7, 11) is 2.08. The van der Waals surface area contributed by atoms with Crippen LogP contribution in [0.5, 0.6) is 0 Å². The molecule has 0 aliphatic rings. The van der Waals surface area contributed by atoms with Gasteiger partial charge in [-0.15, -0.1) is 0 Å². The van der Waals surface area contributed by atoms with Gasteiger partial charge in [0.15, 0.2) is 0 Å². The molecule has 0 saturated heterocycles. The lowest BCUT2D eigenvalue weighted by atomic mass is 9.88. The molecule has 0 aromatic heterocycles. The molecule has 0 aliphatic carbocycles. The molecule has 3 heteroatoms. The molecule has 0 aliphatic heterocycles. The van der Waals surface area contributed by atoms with E-state index in [9.17, 15) is 0 Å². The largest absolute Gasteiger partial charge is 0.387 e. The number of amidine groups is 1. The van der Waals surface area contributed by atoms with Crippen LogP contribution in [0.4, 0.5) is 0 Å². The number of hydrogen-bond donors (Lipinski definition) is 2. The van der Waals surface area contributed by atoms with Gasteiger partial charge in [-0.2, -0.15) is 0 Å². The maximum atomic E-state index is 7.36. The van der Waals surface area contributed by atoms with Crippen molar-refractivity contribution in [3.8, 4) is 0 Å². The minimum absolute atomic E-state index is 0.149. The van der Waals surface area contributed by atoms with Gasteiger partial charge in [0.05, 0.1) is 5.84 Å². The minimum Gasteiger partial charge on any atom is -0.387 e. The van der Waals surface area contributed by atoms with Crippen LogP contribution in [0.25, 0.3) is 0 Å². The second-order valence-corrected chi connectivity index (χ2v) is 3.94. The van der Waals surface area contributed by atoms with Crippen LogP contribution < -0.4 is 5.73 Å². The highest BCUT2D eigenvalue weighted by Gasteiger charge is 2.21. The Morgan fingerprint density at radius 1 is 1.50 bits per heavy atom. The van der Waals surface area contributed by atoms with Crippen molar-refractivity contribution < 1.29 is 0 Å². The Labute approximate surface area is 75.4 Å². The van der Waals surface area contributed by atoms with E-state index in [1.165, 1.54) is 0 Å². The SMILES string of the molecule is CCN(C)CCC(C)(C)C(=N)N. The lowest BCUT2D eigenvalue weighted by Gasteiger charge is -2.25. The summed E-state index contributed by atoms with van der Waals surface area (Å²) < 4.78 is 0. The van der Waals surface area contributed by atoms with Crippen molar-refractivity contribution in [2.75, 3.05) is 20.1 Å². The molecule has 3 N–H and O–H groups in total. The van der Waals surface area contributed by atoms with Gasteiger partial charge in [-0.05, 0) is 26.6 Å². The molecule has 0 rings (SSSR count). The highest BCUT2D eigenvalue weighted by molar-refractivity contribution is 5.82. The number of nitrogens with two attached hydrogens (primary N) is 1. The van der Waals surface area contributed by atoms with Crippen LogP contribution in [-0.2, 0) is 0 Å². The Morgan fingerprint density at radius 2 is 2.00 bits per heavy atom. The van der Waals surface area contributed by atoms with Crippen molar-refractivity contribution in [2.45, 2.75) is 27.2 Å². The fraction of sp³-hybridized carbons (Fsp3) is 0.889. The zero-order valence-corrected chi connectivity index (χ0v) is 8.65. The Hall–Kier alpha value is -0.570. The van der Waals surface area contributed by atoms with E-state index in [-0.39, 0.29) is 11.3 Å². The Kier molecular flexibility index (Phi) is 4.24. The fourth-order valence-electron chi connectivity index (χ4n) is 0.763. The van der Waals surface area contributed by atoms with Crippen LogP contribution in [0.1, 0.15) is 27.2 Å². The summed E-state index contributed by atoms with van der Waals surface area (Å²) in [6.07, 6.45) is 0.951. The summed E-state index contributed by atoms with van der Waals surface area (Å²) in [5.74, 6) is 0.284. The molecular formula is C9H21N3. The maximum Gasteiger partial charge on any atom is 0.0963 e. The van der Waals surface area contributed by atoms with E-state index >= 15 is 0 Å². The Bertz CT molecular complexity index is 152. The lowest BCUT2D eigenvalue weighted by molar-refractivity contribution is 0.303. The highest BCUT2D eigenvalue weighted by atomic mass is 15.1. The van der Waals surface area contributed by atoms with Crippen LogP contribution in [-0.4, -0.2) is 30.9 Å². The predicted molar refractivity (Wildman–Crippen MR) is 53.5 cm³/mol. The van der Waals surface area contributed by atoms with E-state index in [4.69, 9.17) is 11.1 Å². The number of rotatable bonds is 5. The van der Waals surface area contributed by atoms with Crippen LogP contribution in [0.15, 0.2) is 0 Å². The van der Waals surface area contributed by atoms with Crippen molar-refractivity contribution in [1.82, 2.24) is 4.90 Å². The van der Waals surface area contributed by atoms with E-state index < -0.39 is 0 Å². The van der Waals surface area contributed by atoms with Crippen molar-refractivity contribution >= 4 is 5.84 Å².